The van der Waals surface area contributed by atoms with Crippen LogP contribution >= 0.6 is 0 Å². The van der Waals surface area contributed by atoms with Crippen LogP contribution < -0.4 is 10.6 Å². The van der Waals surface area contributed by atoms with E-state index in [0.29, 0.717) is 17.5 Å². The molecule has 0 aromatic heterocycles. The van der Waals surface area contributed by atoms with Crippen LogP contribution in [0.25, 0.3) is 0 Å². The van der Waals surface area contributed by atoms with Crippen LogP contribution in [-0.2, 0) is 0 Å². The van der Waals surface area contributed by atoms with Gasteiger partial charge in [-0.3, -0.25) is 4.79 Å². The van der Waals surface area contributed by atoms with E-state index in [0.717, 1.165) is 5.69 Å². The standard InChI is InChI=1S/C14H22N2O2/c1-10(2)11(3)16-13-6-4-12(5-7-13)14(18)15-8-9-17/h4-7,10-11,16-17H,8-9H2,1-3H3,(H,15,18). The van der Waals surface area contributed by atoms with Crippen LogP contribution in [0.15, 0.2) is 24.3 Å². The third-order valence-electron chi connectivity index (χ3n) is 2.94. The highest BCUT2D eigenvalue weighted by molar-refractivity contribution is 5.94. The van der Waals surface area contributed by atoms with Crippen molar-refractivity contribution in [2.45, 2.75) is 26.8 Å². The van der Waals surface area contributed by atoms with Gasteiger partial charge in [-0.25, -0.2) is 0 Å². The second-order valence-corrected chi connectivity index (χ2v) is 4.73. The van der Waals surface area contributed by atoms with E-state index in [-0.39, 0.29) is 19.1 Å². The minimum atomic E-state index is -0.160. The quantitative estimate of drug-likeness (QED) is 0.722. The molecule has 0 saturated carbocycles. The van der Waals surface area contributed by atoms with Crippen molar-refractivity contribution < 1.29 is 9.90 Å². The van der Waals surface area contributed by atoms with Crippen LogP contribution in [0, 0.1) is 5.92 Å². The molecule has 1 rings (SSSR count). The lowest BCUT2D eigenvalue weighted by molar-refractivity contribution is 0.0945. The molecule has 4 nitrogen and oxygen atoms in total. The molecular formula is C14H22N2O2. The summed E-state index contributed by atoms with van der Waals surface area (Å²) in [7, 11) is 0. The molecule has 1 amide bonds. The fraction of sp³-hybridized carbons (Fsp3) is 0.500. The normalized spacial score (nSPS) is 12.3. The van der Waals surface area contributed by atoms with E-state index in [9.17, 15) is 4.79 Å². The van der Waals surface area contributed by atoms with Crippen LogP contribution in [0.5, 0.6) is 0 Å². The Labute approximate surface area is 108 Å². The van der Waals surface area contributed by atoms with Crippen molar-refractivity contribution in [1.82, 2.24) is 5.32 Å². The molecule has 0 aliphatic rings. The van der Waals surface area contributed by atoms with Crippen molar-refractivity contribution in [3.63, 3.8) is 0 Å². The summed E-state index contributed by atoms with van der Waals surface area (Å²) in [6.45, 7) is 6.69. The van der Waals surface area contributed by atoms with E-state index >= 15 is 0 Å². The number of benzene rings is 1. The summed E-state index contributed by atoms with van der Waals surface area (Å²) in [4.78, 5) is 11.6. The molecule has 1 aromatic carbocycles. The molecule has 100 valence electrons. The largest absolute Gasteiger partial charge is 0.395 e. The average Bonchev–Trinajstić information content (AvgIpc) is 2.36. The van der Waals surface area contributed by atoms with E-state index in [2.05, 4.69) is 31.4 Å². The first-order valence-corrected chi connectivity index (χ1v) is 6.30. The minimum absolute atomic E-state index is 0.0444. The summed E-state index contributed by atoms with van der Waals surface area (Å²) in [5.41, 5.74) is 1.61. The third kappa shape index (κ3) is 4.37. The zero-order valence-corrected chi connectivity index (χ0v) is 11.2. The molecule has 0 bridgehead atoms. The first kappa shape index (κ1) is 14.5. The molecule has 1 unspecified atom stereocenters. The van der Waals surface area contributed by atoms with Crippen LogP contribution in [0.2, 0.25) is 0 Å². The van der Waals surface area contributed by atoms with Crippen molar-refractivity contribution in [2.24, 2.45) is 5.92 Å². The molecule has 0 fully saturated rings. The number of carbonyl (C=O) groups is 1. The van der Waals surface area contributed by atoms with Crippen LogP contribution in [0.1, 0.15) is 31.1 Å². The van der Waals surface area contributed by atoms with Crippen molar-refractivity contribution in [3.8, 4) is 0 Å². The van der Waals surface area contributed by atoms with Crippen LogP contribution in [-0.4, -0.2) is 30.2 Å². The molecule has 0 aliphatic carbocycles. The van der Waals surface area contributed by atoms with Gasteiger partial charge in [0.1, 0.15) is 0 Å². The number of carbonyl (C=O) groups excluding carboxylic acids is 1. The fourth-order valence-corrected chi connectivity index (χ4v) is 1.42. The molecule has 3 N–H and O–H groups in total. The van der Waals surface area contributed by atoms with Crippen LogP contribution in [0.3, 0.4) is 0 Å². The maximum Gasteiger partial charge on any atom is 0.251 e. The van der Waals surface area contributed by atoms with E-state index in [1.807, 2.05) is 12.1 Å². The number of amides is 1. The Morgan fingerprint density at radius 3 is 2.33 bits per heavy atom. The van der Waals surface area contributed by atoms with E-state index in [1.165, 1.54) is 0 Å². The molecule has 1 aromatic rings. The van der Waals surface area contributed by atoms with Crippen molar-refractivity contribution in [2.75, 3.05) is 18.5 Å². The lowest BCUT2D eigenvalue weighted by Crippen LogP contribution is -2.26. The summed E-state index contributed by atoms with van der Waals surface area (Å²) < 4.78 is 0. The Hall–Kier alpha value is -1.55. The van der Waals surface area contributed by atoms with E-state index in [4.69, 9.17) is 5.11 Å². The van der Waals surface area contributed by atoms with Gasteiger partial charge in [-0.1, -0.05) is 13.8 Å². The second-order valence-electron chi connectivity index (χ2n) is 4.73. The summed E-state index contributed by atoms with van der Waals surface area (Å²) >= 11 is 0. The third-order valence-corrected chi connectivity index (χ3v) is 2.94. The predicted molar refractivity (Wildman–Crippen MR) is 73.8 cm³/mol. The summed E-state index contributed by atoms with van der Waals surface area (Å²) in [5.74, 6) is 0.394. The monoisotopic (exact) mass is 250 g/mol. The number of anilines is 1. The van der Waals surface area contributed by atoms with Crippen LogP contribution in [0.4, 0.5) is 5.69 Å². The number of aliphatic hydroxyl groups excluding tert-OH is 1. The number of aliphatic hydroxyl groups is 1. The Morgan fingerprint density at radius 1 is 1.22 bits per heavy atom. The Balaban J connectivity index is 2.59. The average molecular weight is 250 g/mol. The van der Waals surface area contributed by atoms with Gasteiger partial charge in [0.05, 0.1) is 6.61 Å². The highest BCUT2D eigenvalue weighted by atomic mass is 16.3. The topological polar surface area (TPSA) is 61.4 Å². The first-order valence-electron chi connectivity index (χ1n) is 6.30. The Kier molecular flexibility index (Phi) is 5.65. The van der Waals surface area contributed by atoms with Crippen molar-refractivity contribution in [3.05, 3.63) is 29.8 Å². The molecule has 0 aliphatic heterocycles. The highest BCUT2D eigenvalue weighted by Crippen LogP contribution is 2.13. The Morgan fingerprint density at radius 2 is 1.83 bits per heavy atom. The molecule has 0 spiro atoms. The molecule has 0 radical (unpaired) electrons. The number of hydrogen-bond donors (Lipinski definition) is 3. The molecule has 0 saturated heterocycles. The molecule has 18 heavy (non-hydrogen) atoms. The smallest absolute Gasteiger partial charge is 0.251 e. The second kappa shape index (κ2) is 7.01. The maximum atomic E-state index is 11.6. The lowest BCUT2D eigenvalue weighted by Gasteiger charge is -2.18. The van der Waals surface area contributed by atoms with Gasteiger partial charge in [-0.05, 0) is 37.1 Å². The molecule has 0 heterocycles. The van der Waals surface area contributed by atoms with Crippen molar-refractivity contribution >= 4 is 11.6 Å². The van der Waals surface area contributed by atoms with Gasteiger partial charge < -0.3 is 15.7 Å². The summed E-state index contributed by atoms with van der Waals surface area (Å²) in [5, 5.41) is 14.6. The van der Waals surface area contributed by atoms with Gasteiger partial charge in [0, 0.05) is 23.8 Å². The number of rotatable bonds is 6. The van der Waals surface area contributed by atoms with Crippen molar-refractivity contribution in [1.29, 1.82) is 0 Å². The fourth-order valence-electron chi connectivity index (χ4n) is 1.42. The molecular weight excluding hydrogens is 228 g/mol. The number of hydrogen-bond acceptors (Lipinski definition) is 3. The minimum Gasteiger partial charge on any atom is -0.395 e. The predicted octanol–water partition coefficient (Wildman–Crippen LogP) is 1.87. The molecule has 1 atom stereocenters. The highest BCUT2D eigenvalue weighted by Gasteiger charge is 2.08. The SMILES string of the molecule is CC(C)C(C)Nc1ccc(C(=O)NCCO)cc1. The van der Waals surface area contributed by atoms with Gasteiger partial charge >= 0.3 is 0 Å². The Bertz CT molecular complexity index is 374. The van der Waals surface area contributed by atoms with Gasteiger partial charge in [-0.2, -0.15) is 0 Å². The van der Waals surface area contributed by atoms with E-state index < -0.39 is 0 Å². The summed E-state index contributed by atoms with van der Waals surface area (Å²) in [6.07, 6.45) is 0. The molecule has 4 heteroatoms. The summed E-state index contributed by atoms with van der Waals surface area (Å²) in [6, 6.07) is 7.74. The first-order chi connectivity index (χ1) is 8.54. The van der Waals surface area contributed by atoms with Gasteiger partial charge in [0.25, 0.3) is 5.91 Å². The zero-order valence-electron chi connectivity index (χ0n) is 11.2. The van der Waals surface area contributed by atoms with E-state index in [1.54, 1.807) is 12.1 Å². The van der Waals surface area contributed by atoms with Gasteiger partial charge in [-0.15, -0.1) is 0 Å². The maximum absolute atomic E-state index is 11.6. The zero-order chi connectivity index (χ0) is 13.5. The number of nitrogens with one attached hydrogen (secondary N) is 2. The van der Waals surface area contributed by atoms with Gasteiger partial charge in [0.15, 0.2) is 0 Å². The lowest BCUT2D eigenvalue weighted by atomic mass is 10.1. The van der Waals surface area contributed by atoms with Gasteiger partial charge in [0.2, 0.25) is 0 Å².